The molecule has 0 fully saturated rings. The van der Waals surface area contributed by atoms with E-state index >= 15 is 0 Å². The number of carbonyl (C=O) groups excluding carboxylic acids is 1. The molecule has 0 atom stereocenters. The first kappa shape index (κ1) is 13.3. The topological polar surface area (TPSA) is 17.1 Å². The number of hydrogen-bond donors (Lipinski definition) is 0. The molecule has 0 saturated heterocycles. The van der Waals surface area contributed by atoms with E-state index < -0.39 is 40.2 Å². The smallest absolute Gasteiger partial charge is 0.199 e. The Morgan fingerprint density at radius 2 is 1.37 bits per heavy atom. The van der Waals surface area contributed by atoms with Crippen LogP contribution in [0.15, 0.2) is 30.3 Å². The van der Waals surface area contributed by atoms with Gasteiger partial charge in [-0.05, 0) is 30.7 Å². The van der Waals surface area contributed by atoms with Gasteiger partial charge in [-0.1, -0.05) is 6.07 Å². The van der Waals surface area contributed by atoms with Gasteiger partial charge in [0.05, 0.1) is 11.1 Å². The maximum Gasteiger partial charge on any atom is 0.199 e. The van der Waals surface area contributed by atoms with Gasteiger partial charge in [0, 0.05) is 6.07 Å². The normalized spacial score (nSPS) is 10.6. The molecule has 0 unspecified atom stereocenters. The Bertz CT molecular complexity index is 665. The molecule has 0 N–H and O–H groups in total. The molecular weight excluding hydrogens is 260 g/mol. The third-order valence-corrected chi connectivity index (χ3v) is 2.62. The minimum atomic E-state index is -1.40. The summed E-state index contributed by atoms with van der Waals surface area (Å²) in [7, 11) is 0. The predicted octanol–water partition coefficient (Wildman–Crippen LogP) is 3.78. The van der Waals surface area contributed by atoms with Gasteiger partial charge in [-0.25, -0.2) is 17.6 Å². The van der Waals surface area contributed by atoms with E-state index in [0.717, 1.165) is 6.07 Å². The molecule has 0 radical (unpaired) electrons. The zero-order chi connectivity index (χ0) is 14.2. The number of carbonyl (C=O) groups is 1. The van der Waals surface area contributed by atoms with Gasteiger partial charge in [0.25, 0.3) is 0 Å². The summed E-state index contributed by atoms with van der Waals surface area (Å²) in [6, 6.07) is 4.42. The first-order valence-corrected chi connectivity index (χ1v) is 5.35. The molecule has 2 aromatic carbocycles. The van der Waals surface area contributed by atoms with E-state index in [2.05, 4.69) is 0 Å². The third kappa shape index (κ3) is 2.50. The largest absolute Gasteiger partial charge is 0.288 e. The number of halogens is 4. The molecular formula is C14H8F4O. The summed E-state index contributed by atoms with van der Waals surface area (Å²) in [4.78, 5) is 11.9. The van der Waals surface area contributed by atoms with Crippen LogP contribution in [0.5, 0.6) is 0 Å². The Morgan fingerprint density at radius 3 is 2.00 bits per heavy atom. The summed E-state index contributed by atoms with van der Waals surface area (Å²) < 4.78 is 52.8. The molecule has 0 aliphatic rings. The molecule has 19 heavy (non-hydrogen) atoms. The fraction of sp³-hybridized carbons (Fsp3) is 0.0714. The lowest BCUT2D eigenvalue weighted by Crippen LogP contribution is -2.08. The quantitative estimate of drug-likeness (QED) is 0.460. The van der Waals surface area contributed by atoms with Gasteiger partial charge in [-0.3, -0.25) is 4.79 Å². The maximum atomic E-state index is 13.6. The van der Waals surface area contributed by atoms with Crippen LogP contribution in [0.1, 0.15) is 21.5 Å². The summed E-state index contributed by atoms with van der Waals surface area (Å²) in [6.45, 7) is 1.62. The Morgan fingerprint density at radius 1 is 0.789 bits per heavy atom. The lowest BCUT2D eigenvalue weighted by molar-refractivity contribution is 0.103. The van der Waals surface area contributed by atoms with Crippen LogP contribution in [0.3, 0.4) is 0 Å². The standard InChI is InChI=1S/C14H8F4O/c1-7-2-3-8(10(15)4-7)14(19)9-5-12(17)13(18)6-11(9)16/h2-6H,1H3. The second-order valence-electron chi connectivity index (χ2n) is 4.06. The van der Waals surface area contributed by atoms with Crippen LogP contribution in [0.2, 0.25) is 0 Å². The lowest BCUT2D eigenvalue weighted by Gasteiger charge is -2.05. The molecule has 0 amide bonds. The Labute approximate surface area is 106 Å². The molecule has 5 heteroatoms. The molecule has 0 aromatic heterocycles. The van der Waals surface area contributed by atoms with Gasteiger partial charge in [-0.2, -0.15) is 0 Å². The zero-order valence-electron chi connectivity index (χ0n) is 9.81. The molecule has 0 aliphatic carbocycles. The highest BCUT2D eigenvalue weighted by molar-refractivity contribution is 6.09. The van der Waals surface area contributed by atoms with Gasteiger partial charge in [-0.15, -0.1) is 0 Å². The van der Waals surface area contributed by atoms with E-state index in [1.54, 1.807) is 6.92 Å². The minimum Gasteiger partial charge on any atom is -0.288 e. The van der Waals surface area contributed by atoms with Crippen molar-refractivity contribution in [3.05, 3.63) is 70.3 Å². The van der Waals surface area contributed by atoms with Gasteiger partial charge in [0.15, 0.2) is 17.4 Å². The van der Waals surface area contributed by atoms with Crippen molar-refractivity contribution in [3.63, 3.8) is 0 Å². The summed E-state index contributed by atoms with van der Waals surface area (Å²) in [5.74, 6) is -5.87. The van der Waals surface area contributed by atoms with Crippen molar-refractivity contribution in [2.75, 3.05) is 0 Å². The first-order chi connectivity index (χ1) is 8.90. The third-order valence-electron chi connectivity index (χ3n) is 2.62. The SMILES string of the molecule is Cc1ccc(C(=O)c2cc(F)c(F)cc2F)c(F)c1. The summed E-state index contributed by atoms with van der Waals surface area (Å²) in [5, 5.41) is 0. The summed E-state index contributed by atoms with van der Waals surface area (Å²) in [5.41, 5.74) is -0.517. The first-order valence-electron chi connectivity index (χ1n) is 5.35. The lowest BCUT2D eigenvalue weighted by atomic mass is 10.0. The second kappa shape index (κ2) is 4.84. The van der Waals surface area contributed by atoms with E-state index in [1.165, 1.54) is 12.1 Å². The zero-order valence-corrected chi connectivity index (χ0v) is 9.81. The average molecular weight is 268 g/mol. The van der Waals surface area contributed by atoms with E-state index in [4.69, 9.17) is 0 Å². The van der Waals surface area contributed by atoms with Crippen molar-refractivity contribution in [2.24, 2.45) is 0 Å². The van der Waals surface area contributed by atoms with E-state index in [9.17, 15) is 22.4 Å². The van der Waals surface area contributed by atoms with Crippen molar-refractivity contribution in [1.29, 1.82) is 0 Å². The van der Waals surface area contributed by atoms with Crippen LogP contribution in [-0.2, 0) is 0 Å². The van der Waals surface area contributed by atoms with Gasteiger partial charge >= 0.3 is 0 Å². The van der Waals surface area contributed by atoms with Crippen LogP contribution in [0, 0.1) is 30.2 Å². The summed E-state index contributed by atoms with van der Waals surface area (Å²) in [6.07, 6.45) is 0. The van der Waals surface area contributed by atoms with E-state index in [0.29, 0.717) is 11.6 Å². The van der Waals surface area contributed by atoms with Crippen molar-refractivity contribution < 1.29 is 22.4 Å². The average Bonchev–Trinajstić information content (AvgIpc) is 2.33. The number of benzene rings is 2. The van der Waals surface area contributed by atoms with Gasteiger partial charge in [0.2, 0.25) is 0 Å². The van der Waals surface area contributed by atoms with E-state index in [-0.39, 0.29) is 6.07 Å². The molecule has 0 spiro atoms. The highest BCUT2D eigenvalue weighted by Crippen LogP contribution is 2.19. The number of aryl methyl sites for hydroxylation is 1. The van der Waals surface area contributed by atoms with Crippen LogP contribution in [0.4, 0.5) is 17.6 Å². The summed E-state index contributed by atoms with van der Waals surface area (Å²) >= 11 is 0. The Balaban J connectivity index is 2.53. The fourth-order valence-corrected chi connectivity index (χ4v) is 1.65. The van der Waals surface area contributed by atoms with E-state index in [1.807, 2.05) is 0 Å². The predicted molar refractivity (Wildman–Crippen MR) is 60.9 cm³/mol. The van der Waals surface area contributed by atoms with Crippen LogP contribution < -0.4 is 0 Å². The number of rotatable bonds is 2. The Kier molecular flexibility index (Phi) is 3.38. The fourth-order valence-electron chi connectivity index (χ4n) is 1.65. The molecule has 0 aliphatic heterocycles. The number of hydrogen-bond acceptors (Lipinski definition) is 1. The highest BCUT2D eigenvalue weighted by atomic mass is 19.2. The molecule has 0 bridgehead atoms. The minimum absolute atomic E-state index is 0.259. The van der Waals surface area contributed by atoms with Crippen LogP contribution in [0.25, 0.3) is 0 Å². The molecule has 1 nitrogen and oxygen atoms in total. The van der Waals surface area contributed by atoms with Crippen molar-refractivity contribution in [1.82, 2.24) is 0 Å². The van der Waals surface area contributed by atoms with Gasteiger partial charge < -0.3 is 0 Å². The van der Waals surface area contributed by atoms with Gasteiger partial charge in [0.1, 0.15) is 11.6 Å². The number of ketones is 1. The Hall–Kier alpha value is -2.17. The highest BCUT2D eigenvalue weighted by Gasteiger charge is 2.20. The second-order valence-corrected chi connectivity index (χ2v) is 4.06. The van der Waals surface area contributed by atoms with Crippen molar-refractivity contribution in [2.45, 2.75) is 6.92 Å². The van der Waals surface area contributed by atoms with Crippen LogP contribution >= 0.6 is 0 Å². The van der Waals surface area contributed by atoms with Crippen LogP contribution in [-0.4, -0.2) is 5.78 Å². The maximum absolute atomic E-state index is 13.6. The molecule has 98 valence electrons. The van der Waals surface area contributed by atoms with Crippen molar-refractivity contribution in [3.8, 4) is 0 Å². The van der Waals surface area contributed by atoms with Crippen molar-refractivity contribution >= 4 is 5.78 Å². The molecule has 2 rings (SSSR count). The molecule has 0 heterocycles. The molecule has 2 aromatic rings. The monoisotopic (exact) mass is 268 g/mol. The molecule has 0 saturated carbocycles.